The molecule has 238 valence electrons. The highest BCUT2D eigenvalue weighted by molar-refractivity contribution is 6.26. The molecule has 5 nitrogen and oxygen atoms in total. The molecular formula is C46H28N4O. The molecule has 0 saturated heterocycles. The number of hydrogen-bond donors (Lipinski definition) is 0. The summed E-state index contributed by atoms with van der Waals surface area (Å²) in [7, 11) is 0. The highest BCUT2D eigenvalue weighted by atomic mass is 16.3. The predicted molar refractivity (Wildman–Crippen MR) is 209 cm³/mol. The van der Waals surface area contributed by atoms with Gasteiger partial charge in [0.1, 0.15) is 11.2 Å². The molecular weight excluding hydrogens is 625 g/mol. The van der Waals surface area contributed by atoms with Crippen molar-refractivity contribution in [3.8, 4) is 34.2 Å². The number of fused-ring (bicyclic) bond motifs is 10. The van der Waals surface area contributed by atoms with Gasteiger partial charge in [-0.1, -0.05) is 115 Å². The summed E-state index contributed by atoms with van der Waals surface area (Å²) in [5.74, 6) is 0.622. The van der Waals surface area contributed by atoms with Crippen LogP contribution < -0.4 is 0 Å². The monoisotopic (exact) mass is 652 g/mol. The Morgan fingerprint density at radius 2 is 0.961 bits per heavy atom. The van der Waals surface area contributed by atoms with Gasteiger partial charge >= 0.3 is 0 Å². The van der Waals surface area contributed by atoms with Gasteiger partial charge in [-0.05, 0) is 54.6 Å². The van der Waals surface area contributed by atoms with Crippen LogP contribution in [0.1, 0.15) is 0 Å². The highest BCUT2D eigenvalue weighted by Gasteiger charge is 2.22. The van der Waals surface area contributed by atoms with Gasteiger partial charge in [0.25, 0.3) is 0 Å². The van der Waals surface area contributed by atoms with E-state index in [1.807, 2.05) is 12.1 Å². The summed E-state index contributed by atoms with van der Waals surface area (Å²) >= 11 is 0. The fraction of sp³-hybridized carbons (Fsp3) is 0. The quantitative estimate of drug-likeness (QED) is 0.190. The number of benzene rings is 7. The van der Waals surface area contributed by atoms with E-state index in [1.165, 1.54) is 10.8 Å². The van der Waals surface area contributed by atoms with Gasteiger partial charge in [0.2, 0.25) is 5.95 Å². The fourth-order valence-electron chi connectivity index (χ4n) is 7.89. The average Bonchev–Trinajstić information content (AvgIpc) is 3.85. The van der Waals surface area contributed by atoms with Crippen LogP contribution in [0.15, 0.2) is 174 Å². The van der Waals surface area contributed by atoms with Crippen molar-refractivity contribution in [2.45, 2.75) is 0 Å². The summed E-state index contributed by atoms with van der Waals surface area (Å²) in [6.07, 6.45) is 0. The maximum absolute atomic E-state index is 6.72. The van der Waals surface area contributed by atoms with Crippen molar-refractivity contribution in [3.63, 3.8) is 0 Å². The maximum Gasteiger partial charge on any atom is 0.235 e. The minimum Gasteiger partial charge on any atom is -0.456 e. The Labute approximate surface area is 292 Å². The van der Waals surface area contributed by atoms with Crippen LogP contribution in [-0.2, 0) is 0 Å². The van der Waals surface area contributed by atoms with Crippen molar-refractivity contribution in [2.24, 2.45) is 0 Å². The summed E-state index contributed by atoms with van der Waals surface area (Å²) in [5.41, 5.74) is 11.0. The van der Waals surface area contributed by atoms with Crippen molar-refractivity contribution in [1.29, 1.82) is 0 Å². The molecule has 0 spiro atoms. The molecule has 0 aliphatic heterocycles. The van der Waals surface area contributed by atoms with Crippen molar-refractivity contribution >= 4 is 65.6 Å². The lowest BCUT2D eigenvalue weighted by atomic mass is 10.1. The van der Waals surface area contributed by atoms with E-state index in [2.05, 4.69) is 167 Å². The van der Waals surface area contributed by atoms with Gasteiger partial charge in [-0.15, -0.1) is 0 Å². The zero-order valence-corrected chi connectivity index (χ0v) is 27.4. The van der Waals surface area contributed by atoms with Crippen LogP contribution in [-0.4, -0.2) is 19.1 Å². The second kappa shape index (κ2) is 10.8. The van der Waals surface area contributed by atoms with E-state index in [0.717, 1.165) is 83.0 Å². The largest absolute Gasteiger partial charge is 0.456 e. The summed E-state index contributed by atoms with van der Waals surface area (Å²) in [4.78, 5) is 10.5. The number of furan rings is 1. The zero-order valence-electron chi connectivity index (χ0n) is 27.4. The van der Waals surface area contributed by atoms with E-state index in [-0.39, 0.29) is 0 Å². The smallest absolute Gasteiger partial charge is 0.235 e. The molecule has 51 heavy (non-hydrogen) atoms. The van der Waals surface area contributed by atoms with Crippen LogP contribution in [0.3, 0.4) is 0 Å². The van der Waals surface area contributed by atoms with Crippen molar-refractivity contribution in [1.82, 2.24) is 19.1 Å². The third-order valence-corrected chi connectivity index (χ3v) is 10.1. The van der Waals surface area contributed by atoms with Gasteiger partial charge in [0.05, 0.1) is 38.8 Å². The van der Waals surface area contributed by atoms with Gasteiger partial charge in [-0.2, -0.15) is 0 Å². The molecule has 0 radical (unpaired) electrons. The minimum absolute atomic E-state index is 0.622. The van der Waals surface area contributed by atoms with Crippen molar-refractivity contribution in [3.05, 3.63) is 170 Å². The number of nitrogens with zero attached hydrogens (tertiary/aromatic N) is 4. The van der Waals surface area contributed by atoms with E-state index in [4.69, 9.17) is 14.4 Å². The Hall–Kier alpha value is -6.98. The first-order valence-electron chi connectivity index (χ1n) is 17.2. The van der Waals surface area contributed by atoms with Gasteiger partial charge in [0.15, 0.2) is 0 Å². The van der Waals surface area contributed by atoms with Gasteiger partial charge in [0, 0.05) is 43.7 Å². The Bertz CT molecular complexity index is 3060. The standard InChI is InChI=1S/C46H28N4O/c1-4-14-29(15-5-1)37-28-38(30-16-6-2-7-17-30)48-46(47-37)50-40-23-13-11-21-33(40)35-27-43-36(26-41(35)50)44-42(51-43)25-24-34-32-20-10-12-22-39(32)49(45(34)44)31-18-8-3-9-19-31/h1-28H. The molecule has 0 atom stereocenters. The zero-order chi connectivity index (χ0) is 33.5. The Morgan fingerprint density at radius 1 is 0.392 bits per heavy atom. The first-order chi connectivity index (χ1) is 25.3. The molecule has 0 unspecified atom stereocenters. The molecule has 0 amide bonds. The normalized spacial score (nSPS) is 11.9. The predicted octanol–water partition coefficient (Wildman–Crippen LogP) is 11.9. The second-order valence-corrected chi connectivity index (χ2v) is 13.0. The Balaban J connectivity index is 1.27. The van der Waals surface area contributed by atoms with E-state index in [0.29, 0.717) is 5.95 Å². The highest BCUT2D eigenvalue weighted by Crippen LogP contribution is 2.43. The molecule has 4 aromatic heterocycles. The third-order valence-electron chi connectivity index (χ3n) is 10.1. The molecule has 11 rings (SSSR count). The van der Waals surface area contributed by atoms with Crippen LogP contribution in [0.25, 0.3) is 99.7 Å². The van der Waals surface area contributed by atoms with Crippen LogP contribution >= 0.6 is 0 Å². The summed E-state index contributed by atoms with van der Waals surface area (Å²) in [6.45, 7) is 0. The van der Waals surface area contributed by atoms with E-state index in [9.17, 15) is 0 Å². The van der Waals surface area contributed by atoms with Crippen LogP contribution in [0.4, 0.5) is 0 Å². The first kappa shape index (κ1) is 27.9. The average molecular weight is 653 g/mol. The summed E-state index contributed by atoms with van der Waals surface area (Å²) in [5, 5.41) is 6.75. The SMILES string of the molecule is c1ccc(-c2cc(-c3ccccc3)nc(-n3c4ccccc4c4cc5oc6ccc7c8ccccc8n(-c8ccccc8)c7c6c5cc43)n2)cc1. The topological polar surface area (TPSA) is 48.8 Å². The molecule has 0 fully saturated rings. The molecule has 0 aliphatic rings. The maximum atomic E-state index is 6.72. The van der Waals surface area contributed by atoms with Crippen molar-refractivity contribution in [2.75, 3.05) is 0 Å². The van der Waals surface area contributed by atoms with E-state index < -0.39 is 0 Å². The molecule has 0 saturated carbocycles. The lowest BCUT2D eigenvalue weighted by Crippen LogP contribution is -2.04. The molecule has 7 aromatic carbocycles. The molecule has 0 N–H and O–H groups in total. The minimum atomic E-state index is 0.622. The van der Waals surface area contributed by atoms with Crippen LogP contribution in [0.5, 0.6) is 0 Å². The molecule has 0 bridgehead atoms. The number of rotatable bonds is 4. The van der Waals surface area contributed by atoms with Gasteiger partial charge < -0.3 is 8.98 Å². The lowest BCUT2D eigenvalue weighted by molar-refractivity contribution is 0.669. The Kier molecular flexibility index (Phi) is 5.89. The van der Waals surface area contributed by atoms with Gasteiger partial charge in [-0.25, -0.2) is 9.97 Å². The number of para-hydroxylation sites is 3. The second-order valence-electron chi connectivity index (χ2n) is 13.0. The third kappa shape index (κ3) is 4.15. The molecule has 4 heterocycles. The summed E-state index contributed by atoms with van der Waals surface area (Å²) < 4.78 is 11.3. The van der Waals surface area contributed by atoms with Crippen LogP contribution in [0, 0.1) is 0 Å². The lowest BCUT2D eigenvalue weighted by Gasteiger charge is -2.12. The van der Waals surface area contributed by atoms with Gasteiger partial charge in [-0.3, -0.25) is 4.57 Å². The first-order valence-corrected chi connectivity index (χ1v) is 17.2. The molecule has 0 aliphatic carbocycles. The molecule has 5 heteroatoms. The Morgan fingerprint density at radius 3 is 1.63 bits per heavy atom. The number of aromatic nitrogens is 4. The van der Waals surface area contributed by atoms with Crippen LogP contribution in [0.2, 0.25) is 0 Å². The fourth-order valence-corrected chi connectivity index (χ4v) is 7.89. The van der Waals surface area contributed by atoms with E-state index in [1.54, 1.807) is 0 Å². The summed E-state index contributed by atoms with van der Waals surface area (Å²) in [6, 6.07) is 59.3. The van der Waals surface area contributed by atoms with E-state index >= 15 is 0 Å². The molecule has 11 aromatic rings. The number of hydrogen-bond acceptors (Lipinski definition) is 3. The van der Waals surface area contributed by atoms with Crippen molar-refractivity contribution < 1.29 is 4.42 Å².